The molecule has 0 saturated carbocycles. The monoisotopic (exact) mass is 230 g/mol. The maximum Gasteiger partial charge on any atom is 0.0247 e. The molecule has 2 unspecified atom stereocenters. The van der Waals surface area contributed by atoms with Gasteiger partial charge in [0, 0.05) is 36.7 Å². The number of hydrogen-bond acceptors (Lipinski definition) is 3. The van der Waals surface area contributed by atoms with Gasteiger partial charge in [-0.05, 0) is 19.4 Å². The third kappa shape index (κ3) is 3.97. The average Bonchev–Trinajstić information content (AvgIpc) is 2.20. The largest absolute Gasteiger partial charge is 0.315 e. The topological polar surface area (TPSA) is 15.3 Å². The third-order valence-electron chi connectivity index (χ3n) is 3.22. The summed E-state index contributed by atoms with van der Waals surface area (Å²) in [4.78, 5) is 2.70. The van der Waals surface area contributed by atoms with Crippen molar-refractivity contribution in [2.75, 3.05) is 31.1 Å². The molecule has 0 aromatic rings. The fourth-order valence-corrected chi connectivity index (χ4v) is 3.30. The predicted octanol–water partition coefficient (Wildman–Crippen LogP) is 2.06. The molecule has 1 saturated heterocycles. The second kappa shape index (κ2) is 6.77. The molecule has 2 nitrogen and oxygen atoms in total. The van der Waals surface area contributed by atoms with E-state index in [2.05, 4.69) is 49.7 Å². The van der Waals surface area contributed by atoms with Gasteiger partial charge in [-0.25, -0.2) is 0 Å². The van der Waals surface area contributed by atoms with Crippen molar-refractivity contribution in [1.82, 2.24) is 10.2 Å². The van der Waals surface area contributed by atoms with Crippen LogP contribution in [0.3, 0.4) is 0 Å². The van der Waals surface area contributed by atoms with Crippen molar-refractivity contribution >= 4 is 11.8 Å². The summed E-state index contributed by atoms with van der Waals surface area (Å²) in [7, 11) is 0. The first-order valence-corrected chi connectivity index (χ1v) is 7.36. The summed E-state index contributed by atoms with van der Waals surface area (Å²) in [5.74, 6) is 3.35. The van der Waals surface area contributed by atoms with E-state index in [9.17, 15) is 0 Å². The van der Waals surface area contributed by atoms with E-state index in [1.165, 1.54) is 18.1 Å². The summed E-state index contributed by atoms with van der Waals surface area (Å²) in [5, 5.41) is 3.50. The standard InChI is InChI=1S/C12H26N2S/c1-5-13-8-12(10(2)3)14-6-7-15-9-11(14)4/h10-13H,5-9H2,1-4H3. The molecule has 1 N–H and O–H groups in total. The van der Waals surface area contributed by atoms with Gasteiger partial charge in [-0.3, -0.25) is 4.90 Å². The number of nitrogens with zero attached hydrogens (tertiary/aromatic N) is 1. The molecule has 0 aromatic heterocycles. The number of thioether (sulfide) groups is 1. The van der Waals surface area contributed by atoms with Crippen LogP contribution < -0.4 is 5.32 Å². The van der Waals surface area contributed by atoms with E-state index >= 15 is 0 Å². The lowest BCUT2D eigenvalue weighted by molar-refractivity contribution is 0.123. The highest BCUT2D eigenvalue weighted by Gasteiger charge is 2.27. The van der Waals surface area contributed by atoms with Crippen LogP contribution in [0.25, 0.3) is 0 Å². The van der Waals surface area contributed by atoms with Crippen molar-refractivity contribution in [3.63, 3.8) is 0 Å². The first-order valence-electron chi connectivity index (χ1n) is 6.21. The molecule has 15 heavy (non-hydrogen) atoms. The average molecular weight is 230 g/mol. The van der Waals surface area contributed by atoms with Gasteiger partial charge in [-0.15, -0.1) is 0 Å². The van der Waals surface area contributed by atoms with Crippen molar-refractivity contribution in [2.45, 2.75) is 39.8 Å². The quantitative estimate of drug-likeness (QED) is 0.778. The highest BCUT2D eigenvalue weighted by Crippen LogP contribution is 2.21. The van der Waals surface area contributed by atoms with Crippen LogP contribution >= 0.6 is 11.8 Å². The number of nitrogens with one attached hydrogen (secondary N) is 1. The number of likely N-dealkylation sites (N-methyl/N-ethyl adjacent to an activating group) is 1. The summed E-state index contributed by atoms with van der Waals surface area (Å²) < 4.78 is 0. The van der Waals surface area contributed by atoms with Gasteiger partial charge in [0.2, 0.25) is 0 Å². The molecule has 90 valence electrons. The molecule has 2 atom stereocenters. The van der Waals surface area contributed by atoms with Gasteiger partial charge in [0.25, 0.3) is 0 Å². The van der Waals surface area contributed by atoms with E-state index in [1.807, 2.05) is 0 Å². The first kappa shape index (κ1) is 13.3. The van der Waals surface area contributed by atoms with Crippen LogP contribution in [0.15, 0.2) is 0 Å². The van der Waals surface area contributed by atoms with Gasteiger partial charge in [0.15, 0.2) is 0 Å². The molecule has 1 rings (SSSR count). The van der Waals surface area contributed by atoms with Gasteiger partial charge < -0.3 is 5.32 Å². The summed E-state index contributed by atoms with van der Waals surface area (Å²) in [6.45, 7) is 12.7. The van der Waals surface area contributed by atoms with E-state index in [4.69, 9.17) is 0 Å². The van der Waals surface area contributed by atoms with Gasteiger partial charge >= 0.3 is 0 Å². The Labute approximate surface area is 99.2 Å². The Bertz CT molecular complexity index is 173. The molecule has 0 spiro atoms. The van der Waals surface area contributed by atoms with Crippen molar-refractivity contribution < 1.29 is 0 Å². The molecule has 0 radical (unpaired) electrons. The molecule has 1 aliphatic rings. The molecular weight excluding hydrogens is 204 g/mol. The predicted molar refractivity (Wildman–Crippen MR) is 70.7 cm³/mol. The Morgan fingerprint density at radius 3 is 2.73 bits per heavy atom. The molecule has 0 amide bonds. The third-order valence-corrected chi connectivity index (χ3v) is 4.41. The molecule has 0 aromatic carbocycles. The van der Waals surface area contributed by atoms with Crippen LogP contribution in [0, 0.1) is 5.92 Å². The second-order valence-corrected chi connectivity index (χ2v) is 5.93. The smallest absolute Gasteiger partial charge is 0.0247 e. The normalized spacial score (nSPS) is 25.8. The zero-order valence-corrected chi connectivity index (χ0v) is 11.4. The van der Waals surface area contributed by atoms with Gasteiger partial charge in [-0.1, -0.05) is 20.8 Å². The minimum Gasteiger partial charge on any atom is -0.315 e. The molecular formula is C12H26N2S. The van der Waals surface area contributed by atoms with Crippen molar-refractivity contribution in [3.8, 4) is 0 Å². The lowest BCUT2D eigenvalue weighted by atomic mass is 10.0. The maximum absolute atomic E-state index is 3.50. The van der Waals surface area contributed by atoms with Gasteiger partial charge in [0.1, 0.15) is 0 Å². The lowest BCUT2D eigenvalue weighted by Gasteiger charge is -2.41. The summed E-state index contributed by atoms with van der Waals surface area (Å²) in [5.41, 5.74) is 0. The second-order valence-electron chi connectivity index (χ2n) is 4.78. The highest BCUT2D eigenvalue weighted by atomic mass is 32.2. The summed E-state index contributed by atoms with van der Waals surface area (Å²) >= 11 is 2.10. The van der Waals surface area contributed by atoms with Crippen LogP contribution in [0.5, 0.6) is 0 Å². The van der Waals surface area contributed by atoms with Crippen molar-refractivity contribution in [2.24, 2.45) is 5.92 Å². The van der Waals surface area contributed by atoms with Crippen LogP contribution in [-0.4, -0.2) is 48.1 Å². The lowest BCUT2D eigenvalue weighted by Crippen LogP contribution is -2.53. The minimum absolute atomic E-state index is 0.709. The molecule has 0 bridgehead atoms. The Morgan fingerprint density at radius 1 is 1.47 bits per heavy atom. The van der Waals surface area contributed by atoms with Crippen LogP contribution in [0.2, 0.25) is 0 Å². The van der Waals surface area contributed by atoms with Gasteiger partial charge in [-0.2, -0.15) is 11.8 Å². The molecule has 1 aliphatic heterocycles. The highest BCUT2D eigenvalue weighted by molar-refractivity contribution is 7.99. The number of hydrogen-bond donors (Lipinski definition) is 1. The van der Waals surface area contributed by atoms with Crippen LogP contribution in [0.4, 0.5) is 0 Å². The minimum atomic E-state index is 0.709. The first-order chi connectivity index (χ1) is 7.16. The van der Waals surface area contributed by atoms with Crippen LogP contribution in [-0.2, 0) is 0 Å². The van der Waals surface area contributed by atoms with E-state index in [-0.39, 0.29) is 0 Å². The molecule has 1 heterocycles. The Balaban J connectivity index is 2.52. The van der Waals surface area contributed by atoms with Crippen molar-refractivity contribution in [3.05, 3.63) is 0 Å². The van der Waals surface area contributed by atoms with E-state index in [0.29, 0.717) is 6.04 Å². The SMILES string of the molecule is CCNCC(C(C)C)N1CCSCC1C. The molecule has 0 aliphatic carbocycles. The fraction of sp³-hybridized carbons (Fsp3) is 1.00. The van der Waals surface area contributed by atoms with Gasteiger partial charge in [0.05, 0.1) is 0 Å². The van der Waals surface area contributed by atoms with Crippen LogP contribution in [0.1, 0.15) is 27.7 Å². The maximum atomic E-state index is 3.50. The van der Waals surface area contributed by atoms with Crippen molar-refractivity contribution in [1.29, 1.82) is 0 Å². The Morgan fingerprint density at radius 2 is 2.20 bits per heavy atom. The fourth-order valence-electron chi connectivity index (χ4n) is 2.26. The van der Waals surface area contributed by atoms with E-state index in [0.717, 1.165) is 25.0 Å². The Kier molecular flexibility index (Phi) is 6.02. The number of rotatable bonds is 5. The van der Waals surface area contributed by atoms with E-state index < -0.39 is 0 Å². The zero-order valence-electron chi connectivity index (χ0n) is 10.6. The summed E-state index contributed by atoms with van der Waals surface area (Å²) in [6, 6.07) is 1.45. The zero-order chi connectivity index (χ0) is 11.3. The Hall–Kier alpha value is 0.270. The van der Waals surface area contributed by atoms with E-state index in [1.54, 1.807) is 0 Å². The molecule has 3 heteroatoms. The molecule has 1 fully saturated rings. The summed E-state index contributed by atoms with van der Waals surface area (Å²) in [6.07, 6.45) is 0.